The van der Waals surface area contributed by atoms with Gasteiger partial charge in [0, 0.05) is 17.5 Å². The number of aryl methyl sites for hydroxylation is 1. The van der Waals surface area contributed by atoms with Crippen molar-refractivity contribution in [2.24, 2.45) is 0 Å². The van der Waals surface area contributed by atoms with Gasteiger partial charge in [-0.05, 0) is 46.9 Å². The summed E-state index contributed by atoms with van der Waals surface area (Å²) in [5.74, 6) is 1.23. The van der Waals surface area contributed by atoms with Gasteiger partial charge in [-0.25, -0.2) is 4.79 Å². The third-order valence-corrected chi connectivity index (χ3v) is 6.56. The normalized spacial score (nSPS) is 11.1. The third-order valence-electron chi connectivity index (χ3n) is 6.56. The van der Waals surface area contributed by atoms with Gasteiger partial charge in [-0.1, -0.05) is 80.4 Å². The fourth-order valence-corrected chi connectivity index (χ4v) is 4.63. The lowest BCUT2D eigenvalue weighted by Gasteiger charge is -2.10. The zero-order valence-corrected chi connectivity index (χ0v) is 21.1. The summed E-state index contributed by atoms with van der Waals surface area (Å²) >= 11 is 0. The Morgan fingerprint density at radius 2 is 1.68 bits per heavy atom. The zero-order chi connectivity index (χ0) is 25.6. The van der Waals surface area contributed by atoms with Crippen LogP contribution in [0.25, 0.3) is 28.2 Å². The molecule has 0 saturated heterocycles. The van der Waals surface area contributed by atoms with E-state index >= 15 is 0 Å². The molecule has 5 rings (SSSR count). The van der Waals surface area contributed by atoms with Gasteiger partial charge >= 0.3 is 5.69 Å². The number of hydrogen-bond donors (Lipinski definition) is 1. The van der Waals surface area contributed by atoms with Crippen LogP contribution in [-0.4, -0.2) is 36.9 Å². The Kier molecular flexibility index (Phi) is 7.26. The number of aromatic amines is 1. The van der Waals surface area contributed by atoms with Crippen molar-refractivity contribution in [3.05, 3.63) is 101 Å². The number of ether oxygens (including phenoxy) is 1. The van der Waals surface area contributed by atoms with Gasteiger partial charge in [0.2, 0.25) is 5.82 Å². The number of H-pyrrole nitrogens is 1. The lowest BCUT2D eigenvalue weighted by Crippen LogP contribution is -2.25. The second-order valence-corrected chi connectivity index (χ2v) is 8.97. The monoisotopic (exact) mass is 494 g/mol. The van der Waals surface area contributed by atoms with Crippen LogP contribution in [0, 0.1) is 0 Å². The molecule has 0 aliphatic heterocycles. The number of imidazole rings is 1. The first kappa shape index (κ1) is 24.2. The Morgan fingerprint density at radius 1 is 0.919 bits per heavy atom. The Hall–Kier alpha value is -4.46. The molecule has 0 atom stereocenters. The molecule has 0 bridgehead atoms. The second-order valence-electron chi connectivity index (χ2n) is 8.97. The number of methoxy groups -OCH3 is 1. The first-order chi connectivity index (χ1) is 18.2. The van der Waals surface area contributed by atoms with Gasteiger partial charge in [-0.15, -0.1) is 10.2 Å². The van der Waals surface area contributed by atoms with E-state index < -0.39 is 0 Å². The van der Waals surface area contributed by atoms with Crippen LogP contribution in [0.2, 0.25) is 0 Å². The minimum atomic E-state index is -0.0671. The van der Waals surface area contributed by atoms with Crippen LogP contribution in [0.5, 0.6) is 5.75 Å². The summed E-state index contributed by atoms with van der Waals surface area (Å²) in [4.78, 5) is 13.6. The number of para-hydroxylation sites is 2. The molecule has 0 amide bonds. The molecule has 0 unspecified atom stereocenters. The highest BCUT2D eigenvalue weighted by molar-refractivity contribution is 5.80. The highest BCUT2D eigenvalue weighted by atomic mass is 16.5. The Morgan fingerprint density at radius 3 is 2.41 bits per heavy atom. The molecule has 1 N–H and O–H groups in total. The molecule has 0 saturated carbocycles. The number of nitrogens with zero attached hydrogens (tertiary/aromatic N) is 5. The molecule has 0 spiro atoms. The molecule has 188 valence electrons. The van der Waals surface area contributed by atoms with Gasteiger partial charge in [0.15, 0.2) is 0 Å². The van der Waals surface area contributed by atoms with Gasteiger partial charge < -0.3 is 4.74 Å². The number of rotatable bonds is 10. The van der Waals surface area contributed by atoms with Crippen molar-refractivity contribution in [1.29, 1.82) is 0 Å². The summed E-state index contributed by atoms with van der Waals surface area (Å²) in [7, 11) is 1.63. The number of tetrazole rings is 1. The van der Waals surface area contributed by atoms with E-state index in [1.54, 1.807) is 11.7 Å². The molecule has 0 fully saturated rings. The van der Waals surface area contributed by atoms with Crippen molar-refractivity contribution in [2.45, 2.75) is 39.2 Å². The van der Waals surface area contributed by atoms with Crippen molar-refractivity contribution >= 4 is 0 Å². The summed E-state index contributed by atoms with van der Waals surface area (Å²) in [6.45, 7) is 2.68. The van der Waals surface area contributed by atoms with E-state index in [1.807, 2.05) is 59.3 Å². The molecule has 2 aromatic heterocycles. The van der Waals surface area contributed by atoms with Crippen molar-refractivity contribution < 1.29 is 4.74 Å². The number of hydrogen-bond acceptors (Lipinski definition) is 5. The van der Waals surface area contributed by atoms with Crippen LogP contribution in [0.4, 0.5) is 0 Å². The van der Waals surface area contributed by atoms with Gasteiger partial charge in [0.1, 0.15) is 5.75 Å². The van der Waals surface area contributed by atoms with Crippen LogP contribution in [-0.2, 0) is 13.0 Å². The molecule has 37 heavy (non-hydrogen) atoms. The molecule has 8 heteroatoms. The average molecular weight is 495 g/mol. The number of nitrogens with one attached hydrogen (secondary N) is 1. The Balaban J connectivity index is 1.47. The largest absolute Gasteiger partial charge is 0.495 e. The predicted octanol–water partition coefficient (Wildman–Crippen LogP) is 5.28. The van der Waals surface area contributed by atoms with E-state index in [9.17, 15) is 4.79 Å². The highest BCUT2D eigenvalue weighted by Gasteiger charge is 2.16. The van der Waals surface area contributed by atoms with Crippen LogP contribution < -0.4 is 10.4 Å². The molecule has 0 aliphatic rings. The van der Waals surface area contributed by atoms with E-state index in [0.29, 0.717) is 18.1 Å². The minimum absolute atomic E-state index is 0.0671. The van der Waals surface area contributed by atoms with Crippen LogP contribution in [0.3, 0.4) is 0 Å². The maximum absolute atomic E-state index is 13.6. The molecular weight excluding hydrogens is 464 g/mol. The third kappa shape index (κ3) is 5.09. The van der Waals surface area contributed by atoms with Crippen molar-refractivity contribution in [1.82, 2.24) is 29.8 Å². The molecule has 8 nitrogen and oxygen atoms in total. The summed E-state index contributed by atoms with van der Waals surface area (Å²) in [6.07, 6.45) is 6.11. The van der Waals surface area contributed by atoms with E-state index in [1.165, 1.54) is 0 Å². The van der Waals surface area contributed by atoms with Crippen molar-refractivity contribution in [3.8, 4) is 34.0 Å². The molecule has 2 heterocycles. The first-order valence-corrected chi connectivity index (χ1v) is 12.6. The minimum Gasteiger partial charge on any atom is -0.495 e. The van der Waals surface area contributed by atoms with Gasteiger partial charge in [0.05, 0.1) is 19.3 Å². The van der Waals surface area contributed by atoms with Crippen LogP contribution in [0.15, 0.2) is 83.8 Å². The van der Waals surface area contributed by atoms with Crippen LogP contribution >= 0.6 is 0 Å². The van der Waals surface area contributed by atoms with E-state index in [0.717, 1.165) is 59.3 Å². The number of unbranched alkanes of at least 4 members (excludes halogenated alkanes) is 2. The average Bonchev–Trinajstić information content (AvgIpc) is 3.58. The topological polar surface area (TPSA) is 90.6 Å². The first-order valence-electron chi connectivity index (χ1n) is 12.6. The highest BCUT2D eigenvalue weighted by Crippen LogP contribution is 2.30. The van der Waals surface area contributed by atoms with E-state index in [-0.39, 0.29) is 5.69 Å². The molecule has 0 aliphatic carbocycles. The van der Waals surface area contributed by atoms with Crippen LogP contribution in [0.1, 0.15) is 37.4 Å². The Labute approximate surface area is 215 Å². The number of aromatic nitrogens is 6. The molecule has 0 radical (unpaired) electrons. The molecule has 5 aromatic rings. The number of benzene rings is 3. The predicted molar refractivity (Wildman–Crippen MR) is 144 cm³/mol. The van der Waals surface area contributed by atoms with Crippen molar-refractivity contribution in [3.63, 3.8) is 0 Å². The summed E-state index contributed by atoms with van der Waals surface area (Å²) in [6, 6.07) is 23.9. The standard InChI is InChI=1S/C29H30N6O2/c1-3-4-5-10-23-20-35(26-13-8-9-14-27(26)37-2)29(36)34(23)19-21-15-17-22(18-16-21)24-11-6-7-12-25(24)28-30-32-33-31-28/h6-9,11-18,20H,3-5,10,19H2,1-2H3,(H,30,31,32,33). The fourth-order valence-electron chi connectivity index (χ4n) is 4.63. The SMILES string of the molecule is CCCCCc1cn(-c2ccccc2OC)c(=O)n1Cc1ccc(-c2ccccc2-c2nn[nH]n2)cc1. The van der Waals surface area contributed by atoms with Gasteiger partial charge in [0.25, 0.3) is 0 Å². The fraction of sp³-hybridized carbons (Fsp3) is 0.241. The smallest absolute Gasteiger partial charge is 0.333 e. The lowest BCUT2D eigenvalue weighted by molar-refractivity contribution is 0.412. The molecule has 3 aromatic carbocycles. The van der Waals surface area contributed by atoms with E-state index in [4.69, 9.17) is 4.74 Å². The van der Waals surface area contributed by atoms with Gasteiger partial charge in [-0.2, -0.15) is 5.21 Å². The summed E-state index contributed by atoms with van der Waals surface area (Å²) in [5.41, 5.74) is 5.74. The van der Waals surface area contributed by atoms with Crippen molar-refractivity contribution in [2.75, 3.05) is 7.11 Å². The Bertz CT molecular complexity index is 1520. The maximum Gasteiger partial charge on any atom is 0.333 e. The summed E-state index contributed by atoms with van der Waals surface area (Å²) in [5, 5.41) is 14.5. The zero-order valence-electron chi connectivity index (χ0n) is 21.1. The maximum atomic E-state index is 13.6. The van der Waals surface area contributed by atoms with E-state index in [2.05, 4.69) is 51.8 Å². The van der Waals surface area contributed by atoms with Gasteiger partial charge in [-0.3, -0.25) is 9.13 Å². The molecular formula is C29H30N6O2. The lowest BCUT2D eigenvalue weighted by atomic mass is 9.98. The second kappa shape index (κ2) is 11.1. The summed E-state index contributed by atoms with van der Waals surface area (Å²) < 4.78 is 9.11. The quantitative estimate of drug-likeness (QED) is 0.267.